The number of nitrogens with one attached hydrogen (secondary N) is 1. The zero-order chi connectivity index (χ0) is 27.2. The molecule has 2 aromatic rings. The van der Waals surface area contributed by atoms with Gasteiger partial charge < -0.3 is 19.3 Å². The van der Waals surface area contributed by atoms with Gasteiger partial charge in [0.2, 0.25) is 11.8 Å². The van der Waals surface area contributed by atoms with Gasteiger partial charge in [-0.15, -0.1) is 0 Å². The third-order valence-corrected chi connectivity index (χ3v) is 8.40. The molecule has 3 aliphatic rings. The first kappa shape index (κ1) is 26.7. The van der Waals surface area contributed by atoms with Crippen LogP contribution < -0.4 is 10.1 Å². The molecule has 0 aromatic heterocycles. The van der Waals surface area contributed by atoms with Crippen molar-refractivity contribution in [1.82, 2.24) is 15.1 Å². The third-order valence-electron chi connectivity index (χ3n) is 8.40. The summed E-state index contributed by atoms with van der Waals surface area (Å²) in [6.45, 7) is 2.20. The number of carbonyl (C=O) groups is 3. The van der Waals surface area contributed by atoms with Crippen LogP contribution in [0.4, 0.5) is 0 Å². The zero-order valence-electron chi connectivity index (χ0n) is 22.9. The highest BCUT2D eigenvalue weighted by atomic mass is 16.5. The molecule has 3 heterocycles. The predicted octanol–water partition coefficient (Wildman–Crippen LogP) is -3.34. The van der Waals surface area contributed by atoms with E-state index in [0.29, 0.717) is 37.5 Å². The summed E-state index contributed by atoms with van der Waals surface area (Å²) >= 11 is 0. The van der Waals surface area contributed by atoms with Crippen molar-refractivity contribution in [3.05, 3.63) is 64.7 Å². The summed E-state index contributed by atoms with van der Waals surface area (Å²) in [6.07, 6.45) is 0.570. The van der Waals surface area contributed by atoms with Gasteiger partial charge >= 0.3 is 0 Å². The lowest BCUT2D eigenvalue weighted by Crippen LogP contribution is -2.73. The van der Waals surface area contributed by atoms with Gasteiger partial charge in [-0.1, -0.05) is 30.3 Å². The minimum absolute atomic E-state index is 0.0649. The van der Waals surface area contributed by atoms with Gasteiger partial charge in [0, 0.05) is 36.7 Å². The average Bonchev–Trinajstić information content (AvgIpc) is 3.21. The maximum absolute atomic E-state index is 13.1. The minimum atomic E-state index is -0.641. The molecule has 0 saturated carbocycles. The molecule has 2 aromatic carbocycles. The molecule has 13 heteroatoms. The number of nitrogens with zero attached hydrogens (tertiary/aromatic N) is 2. The summed E-state index contributed by atoms with van der Waals surface area (Å²) in [4.78, 5) is 41.0. The molecule has 192 valence electrons. The van der Waals surface area contributed by atoms with Crippen LogP contribution in [0.1, 0.15) is 39.9 Å². The lowest BCUT2D eigenvalue weighted by molar-refractivity contribution is -0.136. The number of morpholine rings is 1. The first-order chi connectivity index (χ1) is 18.0. The van der Waals surface area contributed by atoms with Crippen molar-refractivity contribution in [1.29, 1.82) is 0 Å². The van der Waals surface area contributed by atoms with Crippen molar-refractivity contribution in [3.63, 3.8) is 0 Å². The van der Waals surface area contributed by atoms with Crippen LogP contribution in [0.3, 0.4) is 0 Å². The first-order valence-corrected chi connectivity index (χ1v) is 13.3. The van der Waals surface area contributed by atoms with Crippen LogP contribution in [0.15, 0.2) is 42.5 Å². The molecule has 0 radical (unpaired) electrons. The standard InChI is InChI=1S/C25H32B5N3O5/c26-23-25(29,30)33(24(27,28)13-38-23)10-14-4-6-15(7-5-14)12-37-19-3-1-2-16-17(19)11-32(22(16)36)18-8-9-20(34)31-21(18)35/h1-7,18,23H,8-13,26-30H2,(H,31,34,35). The van der Waals surface area contributed by atoms with Gasteiger partial charge in [-0.3, -0.25) is 19.7 Å². The normalized spacial score (nSPS) is 24.6. The molecule has 0 spiro atoms. The number of benzene rings is 2. The van der Waals surface area contributed by atoms with Crippen molar-refractivity contribution in [2.24, 2.45) is 0 Å². The number of ether oxygens (including phenoxy) is 2. The largest absolute Gasteiger partial charge is 0.489 e. The van der Waals surface area contributed by atoms with Crippen LogP contribution in [0.25, 0.3) is 0 Å². The van der Waals surface area contributed by atoms with E-state index in [4.69, 9.17) is 9.47 Å². The number of amides is 3. The van der Waals surface area contributed by atoms with Gasteiger partial charge in [-0.25, -0.2) is 0 Å². The van der Waals surface area contributed by atoms with Crippen molar-refractivity contribution in [3.8, 4) is 5.75 Å². The second kappa shape index (κ2) is 10.0. The number of fused-ring (bicyclic) bond motifs is 1. The Bertz CT molecular complexity index is 1270. The quantitative estimate of drug-likeness (QED) is 0.324. The Hall–Kier alpha value is -2.91. The summed E-state index contributed by atoms with van der Waals surface area (Å²) in [5.41, 5.74) is 3.60. The molecule has 0 bridgehead atoms. The molecule has 1 N–H and O–H groups in total. The van der Waals surface area contributed by atoms with Gasteiger partial charge in [-0.05, 0) is 40.4 Å². The fourth-order valence-corrected chi connectivity index (χ4v) is 5.81. The van der Waals surface area contributed by atoms with E-state index in [1.807, 2.05) is 6.07 Å². The number of piperidine rings is 1. The van der Waals surface area contributed by atoms with Crippen molar-refractivity contribution in [2.75, 3.05) is 6.61 Å². The SMILES string of the molecule is BC1OCC(B)(B)N(Cc2ccc(COc3cccc4c3CN(C3CCC(=O)NC3=O)C4=O)cc2)C1(B)B. The molecule has 3 amide bonds. The zero-order valence-corrected chi connectivity index (χ0v) is 22.9. The van der Waals surface area contributed by atoms with E-state index < -0.39 is 11.9 Å². The van der Waals surface area contributed by atoms with Gasteiger partial charge in [0.05, 0.1) is 6.54 Å². The minimum Gasteiger partial charge on any atom is -0.489 e. The average molecular weight is 509 g/mol. The van der Waals surface area contributed by atoms with Crippen LogP contribution >= 0.6 is 0 Å². The molecule has 8 nitrogen and oxygen atoms in total. The number of hydrogen-bond donors (Lipinski definition) is 1. The fraction of sp³-hybridized carbons (Fsp3) is 0.400. The summed E-state index contributed by atoms with van der Waals surface area (Å²) in [5, 5.41) is 2.19. The van der Waals surface area contributed by atoms with Crippen molar-refractivity contribution < 1.29 is 23.9 Å². The van der Waals surface area contributed by atoms with Gasteiger partial charge in [0.1, 0.15) is 57.6 Å². The molecule has 2 unspecified atom stereocenters. The lowest BCUT2D eigenvalue weighted by atomic mass is 9.47. The molecular formula is C25H32B5N3O5. The Morgan fingerprint density at radius 2 is 1.74 bits per heavy atom. The van der Waals surface area contributed by atoms with E-state index in [1.165, 1.54) is 5.56 Å². The summed E-state index contributed by atoms with van der Waals surface area (Å²) in [7, 11) is 11.1. The second-order valence-electron chi connectivity index (χ2n) is 11.8. The highest BCUT2D eigenvalue weighted by molar-refractivity contribution is 6.46. The van der Waals surface area contributed by atoms with Gasteiger partial charge in [0.15, 0.2) is 0 Å². The van der Waals surface area contributed by atoms with Crippen molar-refractivity contribution in [2.45, 2.75) is 55.3 Å². The Labute approximate surface area is 228 Å². The van der Waals surface area contributed by atoms with Crippen LogP contribution in [0, 0.1) is 0 Å². The molecule has 0 aliphatic carbocycles. The molecular weight excluding hydrogens is 476 g/mol. The molecule has 2 fully saturated rings. The fourth-order valence-electron chi connectivity index (χ4n) is 5.81. The summed E-state index contributed by atoms with van der Waals surface area (Å²) in [5.74, 6) is -0.270. The molecule has 2 atom stereocenters. The monoisotopic (exact) mass is 509 g/mol. The van der Waals surface area contributed by atoms with E-state index in [1.54, 1.807) is 17.0 Å². The van der Waals surface area contributed by atoms with Crippen LogP contribution in [-0.4, -0.2) is 96.1 Å². The van der Waals surface area contributed by atoms with E-state index in [-0.39, 0.29) is 34.9 Å². The highest BCUT2D eigenvalue weighted by Crippen LogP contribution is 2.34. The van der Waals surface area contributed by atoms with E-state index in [0.717, 1.165) is 17.7 Å². The smallest absolute Gasteiger partial charge is 0.255 e. The molecule has 2 saturated heterocycles. The number of hydrogen-bond acceptors (Lipinski definition) is 6. The number of rotatable bonds is 6. The second-order valence-corrected chi connectivity index (χ2v) is 11.8. The topological polar surface area (TPSA) is 88.2 Å². The van der Waals surface area contributed by atoms with Gasteiger partial charge in [0.25, 0.3) is 5.91 Å². The Balaban J connectivity index is 1.25. The van der Waals surface area contributed by atoms with Crippen molar-refractivity contribution >= 4 is 57.0 Å². The summed E-state index contributed by atoms with van der Waals surface area (Å²) in [6, 6.07) is 13.4. The Morgan fingerprint density at radius 1 is 1.03 bits per heavy atom. The Kier molecular flexibility index (Phi) is 7.03. The number of imide groups is 1. The van der Waals surface area contributed by atoms with E-state index in [9.17, 15) is 14.4 Å². The van der Waals surface area contributed by atoms with Crippen LogP contribution in [-0.2, 0) is 34.0 Å². The third kappa shape index (κ3) is 4.94. The molecule has 5 rings (SSSR count). The molecule has 3 aliphatic heterocycles. The predicted molar refractivity (Wildman–Crippen MR) is 157 cm³/mol. The van der Waals surface area contributed by atoms with Crippen LogP contribution in [0.5, 0.6) is 5.75 Å². The Morgan fingerprint density at radius 3 is 2.45 bits per heavy atom. The molecule has 38 heavy (non-hydrogen) atoms. The number of carbonyl (C=O) groups excluding carboxylic acids is 3. The maximum atomic E-state index is 13.1. The lowest BCUT2D eigenvalue weighted by Gasteiger charge is -2.57. The maximum Gasteiger partial charge on any atom is 0.255 e. The van der Waals surface area contributed by atoms with Crippen LogP contribution in [0.2, 0.25) is 0 Å². The van der Waals surface area contributed by atoms with E-state index >= 15 is 0 Å². The van der Waals surface area contributed by atoms with Gasteiger partial charge in [-0.2, -0.15) is 0 Å². The van der Waals surface area contributed by atoms with E-state index in [2.05, 4.69) is 73.7 Å². The highest BCUT2D eigenvalue weighted by Gasteiger charge is 2.45. The summed E-state index contributed by atoms with van der Waals surface area (Å²) < 4.78 is 12.2. The first-order valence-electron chi connectivity index (χ1n) is 13.3.